The van der Waals surface area contributed by atoms with E-state index in [1.165, 1.54) is 6.21 Å². The van der Waals surface area contributed by atoms with Gasteiger partial charge in [0.25, 0.3) is 0 Å². The van der Waals surface area contributed by atoms with Crippen molar-refractivity contribution in [2.24, 2.45) is 0 Å². The molecule has 0 saturated carbocycles. The first-order chi connectivity index (χ1) is 14.1. The van der Waals surface area contributed by atoms with Gasteiger partial charge in [-0.15, -0.1) is 0 Å². The van der Waals surface area contributed by atoms with Gasteiger partial charge < -0.3 is 35.7 Å². The van der Waals surface area contributed by atoms with Gasteiger partial charge in [-0.05, 0) is 12.1 Å². The summed E-state index contributed by atoms with van der Waals surface area (Å²) >= 11 is 0. The van der Waals surface area contributed by atoms with Crippen molar-refractivity contribution < 1.29 is 9.47 Å². The van der Waals surface area contributed by atoms with Crippen molar-refractivity contribution in [3.63, 3.8) is 0 Å². The SMILES string of the molecule is CN/C=C(\C=N)c1cc(N)c(OC)cc1N1CCN(c2ccnc(OC)c2)CC1. The third-order valence-electron chi connectivity index (χ3n) is 5.03. The highest BCUT2D eigenvalue weighted by atomic mass is 16.5. The van der Waals surface area contributed by atoms with Gasteiger partial charge in [0.1, 0.15) is 5.75 Å². The van der Waals surface area contributed by atoms with Crippen molar-refractivity contribution in [2.75, 3.05) is 63.0 Å². The number of nitrogens with two attached hydrogens (primary N) is 1. The maximum absolute atomic E-state index is 7.81. The number of ether oxygens (including phenoxy) is 2. The Balaban J connectivity index is 1.87. The Kier molecular flexibility index (Phi) is 6.43. The van der Waals surface area contributed by atoms with Crippen LogP contribution in [-0.2, 0) is 0 Å². The number of anilines is 3. The van der Waals surface area contributed by atoms with Gasteiger partial charge in [-0.3, -0.25) is 0 Å². The van der Waals surface area contributed by atoms with E-state index in [1.807, 2.05) is 31.3 Å². The Labute approximate surface area is 171 Å². The number of benzene rings is 1. The van der Waals surface area contributed by atoms with Crippen molar-refractivity contribution in [1.29, 1.82) is 5.41 Å². The summed E-state index contributed by atoms with van der Waals surface area (Å²) in [4.78, 5) is 8.80. The van der Waals surface area contributed by atoms with Gasteiger partial charge in [0, 0.05) is 86.5 Å². The van der Waals surface area contributed by atoms with Crippen LogP contribution < -0.4 is 30.3 Å². The Morgan fingerprint density at radius 1 is 1.14 bits per heavy atom. The first-order valence-corrected chi connectivity index (χ1v) is 9.47. The number of pyridine rings is 1. The van der Waals surface area contributed by atoms with Crippen LogP contribution in [0.15, 0.2) is 36.7 Å². The molecule has 0 amide bonds. The molecule has 29 heavy (non-hydrogen) atoms. The molecule has 0 spiro atoms. The monoisotopic (exact) mass is 396 g/mol. The van der Waals surface area contributed by atoms with Crippen LogP contribution in [0.1, 0.15) is 5.56 Å². The highest BCUT2D eigenvalue weighted by Gasteiger charge is 2.22. The second-order valence-electron chi connectivity index (χ2n) is 6.67. The molecule has 3 rings (SSSR count). The summed E-state index contributed by atoms with van der Waals surface area (Å²) in [5.41, 5.74) is 10.5. The van der Waals surface area contributed by atoms with Crippen molar-refractivity contribution in [2.45, 2.75) is 0 Å². The van der Waals surface area contributed by atoms with E-state index in [9.17, 15) is 0 Å². The molecule has 0 aliphatic carbocycles. The lowest BCUT2D eigenvalue weighted by Crippen LogP contribution is -2.46. The number of nitrogen functional groups attached to an aromatic ring is 1. The van der Waals surface area contributed by atoms with Gasteiger partial charge in [-0.2, -0.15) is 0 Å². The third-order valence-corrected chi connectivity index (χ3v) is 5.03. The maximum Gasteiger partial charge on any atom is 0.214 e. The number of hydrogen-bond donors (Lipinski definition) is 3. The van der Waals surface area contributed by atoms with Crippen LogP contribution in [0, 0.1) is 5.41 Å². The molecule has 0 radical (unpaired) electrons. The Morgan fingerprint density at radius 3 is 2.48 bits per heavy atom. The minimum atomic E-state index is 0.553. The molecule has 2 heterocycles. The predicted octanol–water partition coefficient (Wildman–Crippen LogP) is 2.22. The summed E-state index contributed by atoms with van der Waals surface area (Å²) in [7, 11) is 5.06. The number of nitrogens with zero attached hydrogens (tertiary/aromatic N) is 3. The number of aromatic nitrogens is 1. The zero-order valence-corrected chi connectivity index (χ0v) is 17.1. The molecule has 1 aromatic heterocycles. The summed E-state index contributed by atoms with van der Waals surface area (Å²) in [6.07, 6.45) is 4.90. The summed E-state index contributed by atoms with van der Waals surface area (Å²) in [5, 5.41) is 10.8. The Morgan fingerprint density at radius 2 is 1.86 bits per heavy atom. The fourth-order valence-electron chi connectivity index (χ4n) is 3.52. The average Bonchev–Trinajstić information content (AvgIpc) is 2.77. The van der Waals surface area contributed by atoms with Crippen molar-refractivity contribution >= 4 is 28.8 Å². The number of rotatable bonds is 7. The summed E-state index contributed by atoms with van der Waals surface area (Å²) in [6.45, 7) is 3.37. The minimum Gasteiger partial charge on any atom is -0.495 e. The van der Waals surface area contributed by atoms with Crippen LogP contribution in [0.3, 0.4) is 0 Å². The van der Waals surface area contributed by atoms with E-state index < -0.39 is 0 Å². The van der Waals surface area contributed by atoms with E-state index in [-0.39, 0.29) is 0 Å². The lowest BCUT2D eigenvalue weighted by molar-refractivity contribution is 0.398. The van der Waals surface area contributed by atoms with Crippen molar-refractivity contribution in [3.8, 4) is 11.6 Å². The summed E-state index contributed by atoms with van der Waals surface area (Å²) in [5.74, 6) is 1.25. The van der Waals surface area contributed by atoms with Gasteiger partial charge in [-0.25, -0.2) is 4.98 Å². The highest BCUT2D eigenvalue weighted by Crippen LogP contribution is 2.36. The summed E-state index contributed by atoms with van der Waals surface area (Å²) in [6, 6.07) is 7.79. The van der Waals surface area contributed by atoms with Crippen molar-refractivity contribution in [1.82, 2.24) is 10.3 Å². The molecule has 1 aliphatic heterocycles. The standard InChI is InChI=1S/C21H28N6O2/c1-24-14-15(13-22)17-11-18(23)20(28-2)12-19(17)27-8-6-26(7-9-27)16-4-5-25-21(10-16)29-3/h4-5,10-14,22,24H,6-9,23H2,1-3H3/b15-14+,22-13?. The van der Waals surface area contributed by atoms with Crippen LogP contribution in [-0.4, -0.2) is 58.6 Å². The predicted molar refractivity (Wildman–Crippen MR) is 118 cm³/mol. The van der Waals surface area contributed by atoms with Gasteiger partial charge in [-0.1, -0.05) is 0 Å². The number of hydrogen-bond acceptors (Lipinski definition) is 8. The van der Waals surface area contributed by atoms with Gasteiger partial charge in [0.05, 0.1) is 19.9 Å². The van der Waals surface area contributed by atoms with Crippen LogP contribution in [0.4, 0.5) is 17.1 Å². The molecule has 154 valence electrons. The van der Waals surface area contributed by atoms with E-state index in [4.69, 9.17) is 20.6 Å². The molecule has 1 fully saturated rings. The third kappa shape index (κ3) is 4.37. The van der Waals surface area contributed by atoms with Crippen molar-refractivity contribution in [3.05, 3.63) is 42.2 Å². The molecule has 4 N–H and O–H groups in total. The Bertz CT molecular complexity index is 891. The molecular weight excluding hydrogens is 368 g/mol. The second-order valence-corrected chi connectivity index (χ2v) is 6.67. The quantitative estimate of drug-likeness (QED) is 0.487. The number of methoxy groups -OCH3 is 2. The molecule has 0 bridgehead atoms. The first kappa shape index (κ1) is 20.3. The van der Waals surface area contributed by atoms with Crippen LogP contribution in [0.5, 0.6) is 11.6 Å². The average molecular weight is 396 g/mol. The molecular formula is C21H28N6O2. The zero-order valence-electron chi connectivity index (χ0n) is 17.1. The topological polar surface area (TPSA) is 99.7 Å². The van der Waals surface area contributed by atoms with Gasteiger partial charge in [0.15, 0.2) is 0 Å². The Hall–Kier alpha value is -3.42. The van der Waals surface area contributed by atoms with Crippen LogP contribution in [0.25, 0.3) is 5.57 Å². The zero-order chi connectivity index (χ0) is 20.8. The van der Waals surface area contributed by atoms with Crippen LogP contribution in [0.2, 0.25) is 0 Å². The molecule has 8 nitrogen and oxygen atoms in total. The number of allylic oxidation sites excluding steroid dienone is 1. The lowest BCUT2D eigenvalue weighted by Gasteiger charge is -2.38. The van der Waals surface area contributed by atoms with Gasteiger partial charge in [0.2, 0.25) is 5.88 Å². The molecule has 2 aromatic rings. The molecule has 1 saturated heterocycles. The van der Waals surface area contributed by atoms with Crippen LogP contribution >= 0.6 is 0 Å². The molecule has 0 unspecified atom stereocenters. The lowest BCUT2D eigenvalue weighted by atomic mass is 10.0. The fourth-order valence-corrected chi connectivity index (χ4v) is 3.52. The smallest absolute Gasteiger partial charge is 0.214 e. The molecule has 0 atom stereocenters. The molecule has 1 aliphatic rings. The largest absolute Gasteiger partial charge is 0.495 e. The fraction of sp³-hybridized carbons (Fsp3) is 0.333. The van der Waals surface area contributed by atoms with Gasteiger partial charge >= 0.3 is 0 Å². The second kappa shape index (κ2) is 9.18. The van der Waals surface area contributed by atoms with E-state index in [1.54, 1.807) is 26.6 Å². The normalized spacial score (nSPS) is 14.5. The first-order valence-electron chi connectivity index (χ1n) is 9.47. The summed E-state index contributed by atoms with van der Waals surface area (Å²) < 4.78 is 10.7. The maximum atomic E-state index is 7.81. The van der Waals surface area contributed by atoms with E-state index in [0.29, 0.717) is 17.3 Å². The number of nitrogens with one attached hydrogen (secondary N) is 2. The molecule has 1 aromatic carbocycles. The van der Waals surface area contributed by atoms with E-state index >= 15 is 0 Å². The highest BCUT2D eigenvalue weighted by molar-refractivity contribution is 6.11. The number of piperazine rings is 1. The molecule has 8 heteroatoms. The minimum absolute atomic E-state index is 0.553. The van der Waals surface area contributed by atoms with E-state index in [2.05, 4.69) is 20.1 Å². The van der Waals surface area contributed by atoms with E-state index in [0.717, 1.165) is 48.7 Å².